The summed E-state index contributed by atoms with van der Waals surface area (Å²) < 4.78 is 6.30. The van der Waals surface area contributed by atoms with E-state index >= 15 is 0 Å². The molecule has 0 amide bonds. The third-order valence-electron chi connectivity index (χ3n) is 5.17. The van der Waals surface area contributed by atoms with Gasteiger partial charge >= 0.3 is 0 Å². The molecule has 2 heterocycles. The Bertz CT molecular complexity index is 635. The fourth-order valence-corrected chi connectivity index (χ4v) is 3.94. The Kier molecular flexibility index (Phi) is 5.05. The fourth-order valence-electron chi connectivity index (χ4n) is 3.94. The van der Waals surface area contributed by atoms with Crippen molar-refractivity contribution in [3.05, 3.63) is 71.3 Å². The van der Waals surface area contributed by atoms with Gasteiger partial charge in [0.05, 0.1) is 12.2 Å². The molecule has 2 aliphatic rings. The van der Waals surface area contributed by atoms with Crippen LogP contribution in [0.3, 0.4) is 0 Å². The molecule has 0 bridgehead atoms. The monoisotopic (exact) mass is 329 g/mol. The zero-order valence-electron chi connectivity index (χ0n) is 13.4. The number of halogens is 1. The summed E-state index contributed by atoms with van der Waals surface area (Å²) in [6.07, 6.45) is 3.28. The van der Waals surface area contributed by atoms with Gasteiger partial charge in [-0.2, -0.15) is 0 Å². The van der Waals surface area contributed by atoms with Crippen molar-refractivity contribution in [2.45, 2.75) is 31.4 Å². The number of fused-ring (bicyclic) bond motifs is 2. The molecule has 0 aromatic heterocycles. The number of benzene rings is 2. The second-order valence-corrected chi connectivity index (χ2v) is 6.51. The summed E-state index contributed by atoms with van der Waals surface area (Å²) in [5.41, 5.74) is 4.32. The van der Waals surface area contributed by atoms with Crippen LogP contribution in [0.4, 0.5) is 0 Å². The van der Waals surface area contributed by atoms with Gasteiger partial charge in [0.25, 0.3) is 0 Å². The van der Waals surface area contributed by atoms with Crippen molar-refractivity contribution >= 4 is 12.4 Å². The van der Waals surface area contributed by atoms with Gasteiger partial charge in [-0.3, -0.25) is 4.90 Å². The minimum Gasteiger partial charge on any atom is -0.370 e. The van der Waals surface area contributed by atoms with Crippen molar-refractivity contribution in [2.24, 2.45) is 0 Å². The van der Waals surface area contributed by atoms with E-state index in [2.05, 4.69) is 59.5 Å². The number of piperidine rings is 1. The Labute approximate surface area is 144 Å². The van der Waals surface area contributed by atoms with Crippen LogP contribution in [0.15, 0.2) is 54.6 Å². The van der Waals surface area contributed by atoms with Crippen molar-refractivity contribution in [1.29, 1.82) is 0 Å². The zero-order chi connectivity index (χ0) is 14.8. The molecule has 0 aliphatic carbocycles. The minimum atomic E-state index is -0.0258. The van der Waals surface area contributed by atoms with Crippen LogP contribution in [0.5, 0.6) is 0 Å². The predicted octanol–water partition coefficient (Wildman–Crippen LogP) is 4.17. The molecule has 2 aliphatic heterocycles. The largest absolute Gasteiger partial charge is 0.370 e. The van der Waals surface area contributed by atoms with Crippen molar-refractivity contribution in [3.63, 3.8) is 0 Å². The van der Waals surface area contributed by atoms with E-state index in [-0.39, 0.29) is 18.0 Å². The lowest BCUT2D eigenvalue weighted by Gasteiger charge is -2.45. The normalized spacial score (nSPS) is 19.8. The molecule has 0 unspecified atom stereocenters. The first-order valence-corrected chi connectivity index (χ1v) is 8.34. The summed E-state index contributed by atoms with van der Waals surface area (Å²) >= 11 is 0. The third-order valence-corrected chi connectivity index (χ3v) is 5.17. The number of hydrogen-bond acceptors (Lipinski definition) is 2. The molecule has 0 atom stereocenters. The van der Waals surface area contributed by atoms with Gasteiger partial charge in [-0.25, -0.2) is 0 Å². The van der Waals surface area contributed by atoms with Gasteiger partial charge in [-0.05, 0) is 36.0 Å². The van der Waals surface area contributed by atoms with Crippen LogP contribution in [0, 0.1) is 0 Å². The Morgan fingerprint density at radius 1 is 0.913 bits per heavy atom. The topological polar surface area (TPSA) is 12.5 Å². The van der Waals surface area contributed by atoms with Crippen molar-refractivity contribution in [2.75, 3.05) is 19.7 Å². The Morgan fingerprint density at radius 2 is 1.61 bits per heavy atom. The molecule has 2 aromatic carbocycles. The van der Waals surface area contributed by atoms with Gasteiger partial charge in [-0.15, -0.1) is 12.4 Å². The Balaban J connectivity index is 0.00000156. The molecule has 2 aromatic rings. The average molecular weight is 330 g/mol. The van der Waals surface area contributed by atoms with E-state index in [4.69, 9.17) is 4.74 Å². The van der Waals surface area contributed by atoms with Crippen molar-refractivity contribution < 1.29 is 4.74 Å². The highest BCUT2D eigenvalue weighted by Gasteiger charge is 2.40. The van der Waals surface area contributed by atoms with Crippen molar-refractivity contribution in [3.8, 4) is 0 Å². The number of likely N-dealkylation sites (tertiary alicyclic amines) is 1. The van der Waals surface area contributed by atoms with E-state index in [0.29, 0.717) is 0 Å². The summed E-state index contributed by atoms with van der Waals surface area (Å²) in [6.45, 7) is 4.15. The van der Waals surface area contributed by atoms with Gasteiger partial charge in [0.15, 0.2) is 0 Å². The van der Waals surface area contributed by atoms with Gasteiger partial charge in [0.2, 0.25) is 0 Å². The highest BCUT2D eigenvalue weighted by atomic mass is 35.5. The molecule has 1 saturated heterocycles. The van der Waals surface area contributed by atoms with Crippen LogP contribution in [0.1, 0.15) is 29.5 Å². The highest BCUT2D eigenvalue weighted by molar-refractivity contribution is 5.85. The van der Waals surface area contributed by atoms with E-state index < -0.39 is 0 Å². The van der Waals surface area contributed by atoms with E-state index in [1.807, 2.05) is 0 Å². The van der Waals surface area contributed by atoms with Crippen molar-refractivity contribution in [1.82, 2.24) is 4.90 Å². The predicted molar refractivity (Wildman–Crippen MR) is 96.0 cm³/mol. The summed E-state index contributed by atoms with van der Waals surface area (Å²) in [5, 5.41) is 0. The number of nitrogens with zero attached hydrogens (tertiary/aromatic N) is 1. The Hall–Kier alpha value is -1.35. The second kappa shape index (κ2) is 7.04. The molecule has 23 heavy (non-hydrogen) atoms. The quantitative estimate of drug-likeness (QED) is 0.819. The van der Waals surface area contributed by atoms with E-state index in [0.717, 1.165) is 45.5 Å². The molecule has 4 rings (SSSR count). The van der Waals surface area contributed by atoms with Gasteiger partial charge < -0.3 is 4.74 Å². The summed E-state index contributed by atoms with van der Waals surface area (Å²) in [4.78, 5) is 2.56. The molecule has 122 valence electrons. The number of hydrogen-bond donors (Lipinski definition) is 0. The smallest absolute Gasteiger partial charge is 0.0958 e. The standard InChI is InChI=1S/C20H23NO.ClH/c1-2-6-17(7-3-1)16-21-13-11-20(12-14-21)19-9-5-4-8-18(19)10-15-22-20;/h1-9H,10-16H2;1H. The summed E-state index contributed by atoms with van der Waals surface area (Å²) in [5.74, 6) is 0. The molecule has 0 saturated carbocycles. The van der Waals surface area contributed by atoms with Gasteiger partial charge in [0.1, 0.15) is 0 Å². The summed E-state index contributed by atoms with van der Waals surface area (Å²) in [7, 11) is 0. The maximum absolute atomic E-state index is 6.30. The highest BCUT2D eigenvalue weighted by Crippen LogP contribution is 2.41. The first-order valence-electron chi connectivity index (χ1n) is 8.34. The third kappa shape index (κ3) is 3.30. The maximum atomic E-state index is 6.30. The van der Waals surface area contributed by atoms with Gasteiger partial charge in [0, 0.05) is 19.6 Å². The first-order chi connectivity index (χ1) is 10.9. The number of rotatable bonds is 2. The molecule has 3 heteroatoms. The molecule has 1 fully saturated rings. The van der Waals surface area contributed by atoms with Crippen LogP contribution in [-0.4, -0.2) is 24.6 Å². The van der Waals surface area contributed by atoms with Crippen LogP contribution >= 0.6 is 12.4 Å². The molecular weight excluding hydrogens is 306 g/mol. The zero-order valence-corrected chi connectivity index (χ0v) is 14.2. The van der Waals surface area contributed by atoms with Crippen LogP contribution < -0.4 is 0 Å². The molecule has 2 nitrogen and oxygen atoms in total. The van der Waals surface area contributed by atoms with Gasteiger partial charge in [-0.1, -0.05) is 54.6 Å². The van der Waals surface area contributed by atoms with Crippen LogP contribution in [0.25, 0.3) is 0 Å². The van der Waals surface area contributed by atoms with Crippen LogP contribution in [-0.2, 0) is 23.3 Å². The second-order valence-electron chi connectivity index (χ2n) is 6.51. The Morgan fingerprint density at radius 3 is 2.39 bits per heavy atom. The molecule has 0 radical (unpaired) electrons. The van der Waals surface area contributed by atoms with E-state index in [1.54, 1.807) is 0 Å². The first kappa shape index (κ1) is 16.5. The van der Waals surface area contributed by atoms with E-state index in [9.17, 15) is 0 Å². The molecule has 1 spiro atoms. The minimum absolute atomic E-state index is 0. The number of ether oxygens (including phenoxy) is 1. The maximum Gasteiger partial charge on any atom is 0.0958 e. The molecule has 0 N–H and O–H groups in total. The molecular formula is C20H24ClNO. The fraction of sp³-hybridized carbons (Fsp3) is 0.400. The lowest BCUT2D eigenvalue weighted by Crippen LogP contribution is -2.46. The average Bonchev–Trinajstić information content (AvgIpc) is 2.59. The van der Waals surface area contributed by atoms with E-state index in [1.165, 1.54) is 16.7 Å². The lowest BCUT2D eigenvalue weighted by molar-refractivity contribution is -0.0989. The van der Waals surface area contributed by atoms with Crippen LogP contribution in [0.2, 0.25) is 0 Å². The summed E-state index contributed by atoms with van der Waals surface area (Å²) in [6, 6.07) is 19.6. The SMILES string of the molecule is Cl.c1ccc(CN2CCC3(CC2)OCCc2ccccc23)cc1. The lowest BCUT2D eigenvalue weighted by atomic mass is 9.79.